The third kappa shape index (κ3) is 4.38. The van der Waals surface area contributed by atoms with Crippen LogP contribution >= 0.6 is 11.6 Å². The van der Waals surface area contributed by atoms with E-state index in [2.05, 4.69) is 20.9 Å². The molecule has 2 N–H and O–H groups in total. The lowest BCUT2D eigenvalue weighted by molar-refractivity contribution is -0.117. The molecule has 11 heteroatoms. The molecule has 0 radical (unpaired) electrons. The third-order valence-corrected chi connectivity index (χ3v) is 6.26. The molecule has 0 atom stereocenters. The van der Waals surface area contributed by atoms with Crippen molar-refractivity contribution in [2.75, 3.05) is 0 Å². The van der Waals surface area contributed by atoms with Crippen LogP contribution in [0.3, 0.4) is 0 Å². The van der Waals surface area contributed by atoms with Crippen molar-refractivity contribution in [3.05, 3.63) is 92.5 Å². The summed E-state index contributed by atoms with van der Waals surface area (Å²) in [5.41, 5.74) is 6.86. The van der Waals surface area contributed by atoms with Gasteiger partial charge in [0.2, 0.25) is 0 Å². The van der Waals surface area contributed by atoms with Crippen molar-refractivity contribution in [3.8, 4) is 5.69 Å². The van der Waals surface area contributed by atoms with E-state index in [-0.39, 0.29) is 22.1 Å². The molecule has 4 aromatic rings. The molecule has 0 saturated heterocycles. The normalized spacial score (nSPS) is 12.8. The molecule has 9 nitrogen and oxygen atoms in total. The average molecular weight is 507 g/mol. The zero-order valence-corrected chi connectivity index (χ0v) is 19.8. The Bertz CT molecular complexity index is 1610. The Kier molecular flexibility index (Phi) is 6.11. The number of amides is 2. The molecule has 0 bridgehead atoms. The van der Waals surface area contributed by atoms with E-state index in [4.69, 9.17) is 11.6 Å². The molecule has 36 heavy (non-hydrogen) atoms. The van der Waals surface area contributed by atoms with Gasteiger partial charge in [-0.05, 0) is 61.9 Å². The van der Waals surface area contributed by atoms with Crippen LogP contribution in [0.1, 0.15) is 33.9 Å². The Morgan fingerprint density at radius 1 is 1.14 bits per heavy atom. The summed E-state index contributed by atoms with van der Waals surface area (Å²) in [6.45, 7) is 2.37. The fraction of sp³-hybridized carbons (Fsp3) is 0.160. The maximum absolute atomic E-state index is 13.2. The second kappa shape index (κ2) is 9.38. The SMILES string of the molecule is Cc1nn(-c2ccc(F)cc2)c(Cl)c1C=CC(=O)NNC(=O)c1ccc2c(=O)n3c(nc2c1)CCC3. The Labute approximate surface area is 209 Å². The molecule has 2 aromatic heterocycles. The predicted molar refractivity (Wildman–Crippen MR) is 132 cm³/mol. The molecular weight excluding hydrogens is 487 g/mol. The number of nitrogens with zero attached hydrogens (tertiary/aromatic N) is 4. The van der Waals surface area contributed by atoms with Crippen molar-refractivity contribution in [3.63, 3.8) is 0 Å². The molecule has 2 aromatic carbocycles. The minimum absolute atomic E-state index is 0.116. The van der Waals surface area contributed by atoms with Gasteiger partial charge in [0, 0.05) is 30.2 Å². The Balaban J connectivity index is 1.26. The number of fused-ring (bicyclic) bond motifs is 2. The lowest BCUT2D eigenvalue weighted by atomic mass is 10.1. The molecule has 0 saturated carbocycles. The highest BCUT2D eigenvalue weighted by atomic mass is 35.5. The van der Waals surface area contributed by atoms with Gasteiger partial charge >= 0.3 is 0 Å². The average Bonchev–Trinajstić information content (AvgIpc) is 3.45. The molecular formula is C25H20ClFN6O3. The molecule has 182 valence electrons. The summed E-state index contributed by atoms with van der Waals surface area (Å²) in [7, 11) is 0. The van der Waals surface area contributed by atoms with Gasteiger partial charge in [0.05, 0.1) is 22.3 Å². The summed E-state index contributed by atoms with van der Waals surface area (Å²) < 4.78 is 16.3. The monoisotopic (exact) mass is 506 g/mol. The molecule has 3 heterocycles. The lowest BCUT2D eigenvalue weighted by Crippen LogP contribution is -2.40. The van der Waals surface area contributed by atoms with E-state index in [9.17, 15) is 18.8 Å². The summed E-state index contributed by atoms with van der Waals surface area (Å²) in [5, 5.41) is 5.03. The van der Waals surface area contributed by atoms with E-state index in [1.807, 2.05) is 0 Å². The van der Waals surface area contributed by atoms with Gasteiger partial charge in [0.1, 0.15) is 16.8 Å². The van der Waals surface area contributed by atoms with E-state index >= 15 is 0 Å². The number of hydrogen-bond acceptors (Lipinski definition) is 5. The van der Waals surface area contributed by atoms with Crippen LogP contribution in [-0.2, 0) is 17.8 Å². The second-order valence-electron chi connectivity index (χ2n) is 8.28. The first-order valence-electron chi connectivity index (χ1n) is 11.1. The predicted octanol–water partition coefficient (Wildman–Crippen LogP) is 3.10. The Hall–Kier alpha value is -4.31. The summed E-state index contributed by atoms with van der Waals surface area (Å²) in [5.74, 6) is -0.821. The van der Waals surface area contributed by atoms with Gasteiger partial charge in [-0.1, -0.05) is 11.6 Å². The number of benzene rings is 2. The Morgan fingerprint density at radius 2 is 1.92 bits per heavy atom. The summed E-state index contributed by atoms with van der Waals surface area (Å²) in [4.78, 5) is 41.9. The van der Waals surface area contributed by atoms with Gasteiger partial charge in [0.25, 0.3) is 17.4 Å². The van der Waals surface area contributed by atoms with Crippen LogP contribution in [0.5, 0.6) is 0 Å². The largest absolute Gasteiger partial charge is 0.296 e. The number of aryl methyl sites for hydroxylation is 2. The number of carbonyl (C=O) groups is 2. The maximum Gasteiger partial charge on any atom is 0.269 e. The van der Waals surface area contributed by atoms with Crippen molar-refractivity contribution >= 4 is 40.4 Å². The first-order valence-corrected chi connectivity index (χ1v) is 11.5. The fourth-order valence-electron chi connectivity index (χ4n) is 4.07. The minimum Gasteiger partial charge on any atom is -0.296 e. The third-order valence-electron chi connectivity index (χ3n) is 5.90. The first kappa shape index (κ1) is 23.4. The molecule has 0 aliphatic carbocycles. The van der Waals surface area contributed by atoms with E-state index < -0.39 is 11.8 Å². The van der Waals surface area contributed by atoms with Gasteiger partial charge in [-0.3, -0.25) is 29.8 Å². The van der Waals surface area contributed by atoms with E-state index in [1.54, 1.807) is 17.6 Å². The first-order chi connectivity index (χ1) is 17.3. The van der Waals surface area contributed by atoms with Crippen molar-refractivity contribution in [1.82, 2.24) is 30.2 Å². The number of rotatable bonds is 4. The molecule has 2 amide bonds. The van der Waals surface area contributed by atoms with Gasteiger partial charge in [-0.15, -0.1) is 0 Å². The van der Waals surface area contributed by atoms with Crippen LogP contribution in [0.25, 0.3) is 22.7 Å². The molecule has 0 fully saturated rings. The number of carbonyl (C=O) groups excluding carboxylic acids is 2. The van der Waals surface area contributed by atoms with Crippen molar-refractivity contribution in [2.24, 2.45) is 0 Å². The van der Waals surface area contributed by atoms with E-state index in [0.717, 1.165) is 12.8 Å². The van der Waals surface area contributed by atoms with Crippen molar-refractivity contribution < 1.29 is 14.0 Å². The van der Waals surface area contributed by atoms with Crippen molar-refractivity contribution in [1.29, 1.82) is 0 Å². The summed E-state index contributed by atoms with van der Waals surface area (Å²) >= 11 is 6.41. The number of aromatic nitrogens is 4. The summed E-state index contributed by atoms with van der Waals surface area (Å²) in [6.07, 6.45) is 4.26. The quantitative estimate of drug-likeness (QED) is 0.326. The van der Waals surface area contributed by atoms with Crippen LogP contribution in [0.2, 0.25) is 5.15 Å². The van der Waals surface area contributed by atoms with E-state index in [1.165, 1.54) is 53.2 Å². The Morgan fingerprint density at radius 3 is 2.69 bits per heavy atom. The highest BCUT2D eigenvalue weighted by Gasteiger charge is 2.17. The fourth-order valence-corrected chi connectivity index (χ4v) is 4.41. The van der Waals surface area contributed by atoms with Gasteiger partial charge in [-0.25, -0.2) is 14.1 Å². The van der Waals surface area contributed by atoms with E-state index in [0.29, 0.717) is 40.2 Å². The van der Waals surface area contributed by atoms with Gasteiger partial charge in [-0.2, -0.15) is 5.10 Å². The molecule has 1 aliphatic heterocycles. The summed E-state index contributed by atoms with van der Waals surface area (Å²) in [6, 6.07) is 10.3. The maximum atomic E-state index is 13.2. The van der Waals surface area contributed by atoms with Crippen LogP contribution in [0.4, 0.5) is 4.39 Å². The zero-order valence-electron chi connectivity index (χ0n) is 19.1. The smallest absolute Gasteiger partial charge is 0.269 e. The molecule has 0 unspecified atom stereocenters. The highest BCUT2D eigenvalue weighted by molar-refractivity contribution is 6.31. The molecule has 1 aliphatic rings. The molecule has 0 spiro atoms. The lowest BCUT2D eigenvalue weighted by Gasteiger charge is -2.08. The van der Waals surface area contributed by atoms with Gasteiger partial charge in [0.15, 0.2) is 0 Å². The number of halogens is 2. The van der Waals surface area contributed by atoms with Crippen molar-refractivity contribution in [2.45, 2.75) is 26.3 Å². The van der Waals surface area contributed by atoms with Crippen LogP contribution in [0, 0.1) is 12.7 Å². The highest BCUT2D eigenvalue weighted by Crippen LogP contribution is 2.25. The standard InChI is InChI=1S/C25H20ClFN6O3/c1-14-18(23(26)33(31-14)17-7-5-16(27)6-8-17)10-11-22(34)29-30-24(35)15-4-9-19-20(13-15)28-21-3-2-12-32(21)25(19)36/h4-11,13H,2-3,12H2,1H3,(H,29,34)(H,30,35). The number of nitrogens with one attached hydrogen (secondary N) is 2. The second-order valence-corrected chi connectivity index (χ2v) is 8.63. The minimum atomic E-state index is -0.594. The molecule has 5 rings (SSSR count). The van der Waals surface area contributed by atoms with Crippen LogP contribution in [0.15, 0.2) is 53.3 Å². The number of hydrazine groups is 1. The van der Waals surface area contributed by atoms with Crippen LogP contribution in [-0.4, -0.2) is 31.1 Å². The number of hydrogen-bond donors (Lipinski definition) is 2. The van der Waals surface area contributed by atoms with Crippen LogP contribution < -0.4 is 16.4 Å². The zero-order chi connectivity index (χ0) is 25.4. The van der Waals surface area contributed by atoms with Gasteiger partial charge < -0.3 is 0 Å². The topological polar surface area (TPSA) is 111 Å².